The molecule has 3 aromatic rings. The van der Waals surface area contributed by atoms with Crippen LogP contribution in [0.15, 0.2) is 60.7 Å². The summed E-state index contributed by atoms with van der Waals surface area (Å²) >= 11 is 13.2. The van der Waals surface area contributed by atoms with E-state index in [4.69, 9.17) is 23.2 Å². The van der Waals surface area contributed by atoms with Crippen LogP contribution in [0.5, 0.6) is 0 Å². The van der Waals surface area contributed by atoms with Gasteiger partial charge in [0.1, 0.15) is 10.9 Å². The van der Waals surface area contributed by atoms with E-state index in [1.54, 1.807) is 24.3 Å². The molecule has 0 atom stereocenters. The number of hydrogen-bond donors (Lipinski definition) is 1. The maximum Gasteiger partial charge on any atom is 0.239 e. The van der Waals surface area contributed by atoms with Crippen molar-refractivity contribution in [3.63, 3.8) is 0 Å². The van der Waals surface area contributed by atoms with Gasteiger partial charge in [0.25, 0.3) is 0 Å². The molecule has 1 heterocycles. The highest BCUT2D eigenvalue weighted by atomic mass is 35.5. The molecular weight excluding hydrogens is 401 g/mol. The molecule has 27 heavy (non-hydrogen) atoms. The number of anilines is 1. The molecule has 0 aliphatic carbocycles. The lowest BCUT2D eigenvalue weighted by Crippen LogP contribution is -2.14. The highest BCUT2D eigenvalue weighted by molar-refractivity contribution is 7.16. The number of carbonyl (C=O) groups is 2. The van der Waals surface area contributed by atoms with Crippen molar-refractivity contribution in [3.8, 4) is 0 Å². The second-order valence-electron chi connectivity index (χ2n) is 5.93. The van der Waals surface area contributed by atoms with Crippen LogP contribution < -0.4 is 5.32 Å². The van der Waals surface area contributed by atoms with E-state index in [-0.39, 0.29) is 17.6 Å². The normalized spacial score (nSPS) is 10.6. The number of thiophene rings is 1. The van der Waals surface area contributed by atoms with Crippen molar-refractivity contribution in [2.24, 2.45) is 0 Å². The first-order valence-corrected chi connectivity index (χ1v) is 10.1. The first kappa shape index (κ1) is 19.6. The first-order chi connectivity index (χ1) is 13.1. The minimum absolute atomic E-state index is 0.170. The Bertz CT molecular complexity index is 954. The largest absolute Gasteiger partial charge is 0.316 e. The third-order valence-corrected chi connectivity index (χ3v) is 5.71. The van der Waals surface area contributed by atoms with Crippen LogP contribution in [0.1, 0.15) is 26.4 Å². The van der Waals surface area contributed by atoms with Gasteiger partial charge < -0.3 is 5.32 Å². The van der Waals surface area contributed by atoms with E-state index < -0.39 is 0 Å². The van der Waals surface area contributed by atoms with Crippen LogP contribution >= 0.6 is 34.5 Å². The third-order valence-electron chi connectivity index (χ3n) is 4.02. The summed E-state index contributed by atoms with van der Waals surface area (Å²) < 4.78 is 0. The van der Waals surface area contributed by atoms with E-state index in [0.717, 1.165) is 17.7 Å². The summed E-state index contributed by atoms with van der Waals surface area (Å²) in [4.78, 5) is 25.8. The predicted molar refractivity (Wildman–Crippen MR) is 112 cm³/mol. The molecule has 1 N–H and O–H groups in total. The zero-order valence-corrected chi connectivity index (χ0v) is 16.7. The van der Waals surface area contributed by atoms with Crippen molar-refractivity contribution in [3.05, 3.63) is 87.3 Å². The van der Waals surface area contributed by atoms with Crippen molar-refractivity contribution in [1.29, 1.82) is 0 Å². The number of hydrogen-bond acceptors (Lipinski definition) is 3. The van der Waals surface area contributed by atoms with Gasteiger partial charge in [-0.05, 0) is 36.6 Å². The number of ketones is 1. The summed E-state index contributed by atoms with van der Waals surface area (Å²) in [6.45, 7) is 0. The molecular formula is C21H17Cl2NO2S. The van der Waals surface area contributed by atoms with Crippen molar-refractivity contribution >= 4 is 51.2 Å². The number of benzene rings is 2. The van der Waals surface area contributed by atoms with Gasteiger partial charge in [-0.15, -0.1) is 22.9 Å². The molecule has 0 bridgehead atoms. The smallest absolute Gasteiger partial charge is 0.239 e. The van der Waals surface area contributed by atoms with Crippen LogP contribution in [0.4, 0.5) is 5.00 Å². The van der Waals surface area contributed by atoms with Gasteiger partial charge in [-0.1, -0.05) is 54.1 Å². The summed E-state index contributed by atoms with van der Waals surface area (Å²) in [5, 5.41) is 3.62. The molecule has 0 radical (unpaired) electrons. The van der Waals surface area contributed by atoms with Crippen molar-refractivity contribution < 1.29 is 9.59 Å². The number of carbonyl (C=O) groups excluding carboxylic acids is 2. The van der Waals surface area contributed by atoms with E-state index in [2.05, 4.69) is 17.4 Å². The second kappa shape index (κ2) is 9.18. The Morgan fingerprint density at radius 3 is 2.33 bits per heavy atom. The summed E-state index contributed by atoms with van der Waals surface area (Å²) in [5.41, 5.74) is 2.07. The zero-order valence-electron chi connectivity index (χ0n) is 14.4. The van der Waals surface area contributed by atoms with Gasteiger partial charge in [0.2, 0.25) is 5.91 Å². The summed E-state index contributed by atoms with van der Waals surface area (Å²) in [6.07, 6.45) is 1.62. The number of nitrogens with one attached hydrogen (secondary N) is 1. The topological polar surface area (TPSA) is 46.2 Å². The number of aryl methyl sites for hydroxylation is 2. The van der Waals surface area contributed by atoms with Crippen molar-refractivity contribution in [1.82, 2.24) is 0 Å². The lowest BCUT2D eigenvalue weighted by atomic mass is 10.0. The van der Waals surface area contributed by atoms with E-state index >= 15 is 0 Å². The lowest BCUT2D eigenvalue weighted by Gasteiger charge is -2.05. The van der Waals surface area contributed by atoms with Gasteiger partial charge in [-0.3, -0.25) is 9.59 Å². The standard InChI is InChI=1S/C21H17Cl2NO2S/c22-13-19(25)24-21-17(20(26)16-8-4-5-9-18(16)23)12-15(27-21)11-10-14-6-2-1-3-7-14/h1-9,12H,10-11,13H2,(H,24,25). The Morgan fingerprint density at radius 2 is 1.63 bits per heavy atom. The molecule has 0 saturated heterocycles. The summed E-state index contributed by atoms with van der Waals surface area (Å²) in [6, 6.07) is 18.8. The van der Waals surface area contributed by atoms with Crippen molar-refractivity contribution in [2.45, 2.75) is 12.8 Å². The van der Waals surface area contributed by atoms with E-state index in [1.165, 1.54) is 16.9 Å². The van der Waals surface area contributed by atoms with Crippen LogP contribution in [0.25, 0.3) is 0 Å². The summed E-state index contributed by atoms with van der Waals surface area (Å²) in [7, 11) is 0. The van der Waals surface area contributed by atoms with Crippen LogP contribution in [0, 0.1) is 0 Å². The second-order valence-corrected chi connectivity index (χ2v) is 7.74. The Kier molecular flexibility index (Phi) is 6.67. The zero-order chi connectivity index (χ0) is 19.2. The van der Waals surface area contributed by atoms with Crippen LogP contribution in [-0.2, 0) is 17.6 Å². The minimum Gasteiger partial charge on any atom is -0.316 e. The van der Waals surface area contributed by atoms with Gasteiger partial charge in [-0.25, -0.2) is 0 Å². The molecule has 3 rings (SSSR count). The molecule has 0 aliphatic rings. The van der Waals surface area contributed by atoms with Crippen LogP contribution in [0.2, 0.25) is 5.02 Å². The minimum atomic E-state index is -0.346. The fraction of sp³-hybridized carbons (Fsp3) is 0.143. The Morgan fingerprint density at radius 1 is 0.926 bits per heavy atom. The Balaban J connectivity index is 1.88. The monoisotopic (exact) mass is 417 g/mol. The SMILES string of the molecule is O=C(CCl)Nc1sc(CCc2ccccc2)cc1C(=O)c1ccccc1Cl. The molecule has 0 saturated carbocycles. The van der Waals surface area contributed by atoms with Gasteiger partial charge in [-0.2, -0.15) is 0 Å². The van der Waals surface area contributed by atoms with Crippen LogP contribution in [0.3, 0.4) is 0 Å². The Labute approximate surface area is 171 Å². The highest BCUT2D eigenvalue weighted by Crippen LogP contribution is 2.32. The fourth-order valence-electron chi connectivity index (χ4n) is 2.69. The molecule has 0 unspecified atom stereocenters. The quantitative estimate of drug-likeness (QED) is 0.401. The van der Waals surface area contributed by atoms with E-state index in [1.807, 2.05) is 24.3 Å². The average Bonchev–Trinajstić information content (AvgIpc) is 3.09. The first-order valence-electron chi connectivity index (χ1n) is 8.40. The molecule has 3 nitrogen and oxygen atoms in total. The number of halogens is 2. The molecule has 0 aliphatic heterocycles. The third kappa shape index (κ3) is 4.98. The maximum atomic E-state index is 13.0. The average molecular weight is 418 g/mol. The molecule has 138 valence electrons. The van der Waals surface area contributed by atoms with E-state index in [9.17, 15) is 9.59 Å². The lowest BCUT2D eigenvalue weighted by molar-refractivity contribution is -0.113. The van der Waals surface area contributed by atoms with Gasteiger partial charge in [0.05, 0.1) is 10.6 Å². The molecule has 0 spiro atoms. The van der Waals surface area contributed by atoms with Crippen molar-refractivity contribution in [2.75, 3.05) is 11.2 Å². The molecule has 2 aromatic carbocycles. The maximum absolute atomic E-state index is 13.0. The van der Waals surface area contributed by atoms with E-state index in [0.29, 0.717) is 21.2 Å². The predicted octanol–water partition coefficient (Wildman–Crippen LogP) is 5.60. The van der Waals surface area contributed by atoms with Gasteiger partial charge in [0, 0.05) is 10.4 Å². The molecule has 0 fully saturated rings. The number of alkyl halides is 1. The van der Waals surface area contributed by atoms with Crippen LogP contribution in [-0.4, -0.2) is 17.6 Å². The number of amides is 1. The molecule has 1 amide bonds. The number of rotatable bonds is 7. The fourth-order valence-corrected chi connectivity index (χ4v) is 4.05. The molecule has 1 aromatic heterocycles. The van der Waals surface area contributed by atoms with Gasteiger partial charge >= 0.3 is 0 Å². The highest BCUT2D eigenvalue weighted by Gasteiger charge is 2.20. The Hall–Kier alpha value is -2.14. The molecule has 6 heteroatoms. The summed E-state index contributed by atoms with van der Waals surface area (Å²) in [5.74, 6) is -0.731. The van der Waals surface area contributed by atoms with Gasteiger partial charge in [0.15, 0.2) is 5.78 Å².